The summed E-state index contributed by atoms with van der Waals surface area (Å²) in [6.45, 7) is 8.43. The third kappa shape index (κ3) is 4.80. The molecule has 35 heavy (non-hydrogen) atoms. The number of amides is 1. The van der Waals surface area contributed by atoms with Gasteiger partial charge in [0.15, 0.2) is 0 Å². The van der Waals surface area contributed by atoms with E-state index in [4.69, 9.17) is 9.15 Å². The Morgan fingerprint density at radius 2 is 1.69 bits per heavy atom. The minimum Gasteiger partial charge on any atom is -0.507 e. The van der Waals surface area contributed by atoms with Gasteiger partial charge in [-0.1, -0.05) is 12.1 Å². The molecule has 1 fully saturated rings. The molecule has 2 aromatic carbocycles. The number of likely N-dealkylation sites (tertiary alicyclic amines) is 1. The van der Waals surface area contributed by atoms with Crippen molar-refractivity contribution >= 4 is 23.1 Å². The maximum Gasteiger partial charge on any atom is 0.296 e. The number of ketones is 1. The van der Waals surface area contributed by atoms with Gasteiger partial charge in [-0.05, 0) is 74.9 Å². The molecule has 4 rings (SSSR count). The number of aliphatic hydroxyl groups is 1. The minimum atomic E-state index is -0.752. The largest absolute Gasteiger partial charge is 0.507 e. The quantitative estimate of drug-likeness (QED) is 0.262. The fourth-order valence-electron chi connectivity index (χ4n) is 4.45. The van der Waals surface area contributed by atoms with Gasteiger partial charge in [0.05, 0.1) is 31.0 Å². The second-order valence-electron chi connectivity index (χ2n) is 8.23. The fourth-order valence-corrected chi connectivity index (χ4v) is 4.45. The number of Topliss-reactive ketones (excluding diaryl/α,β-unsaturated/α-hetero) is 1. The Labute approximate surface area is 205 Å². The van der Waals surface area contributed by atoms with Gasteiger partial charge in [-0.15, -0.1) is 0 Å². The molecule has 1 aliphatic heterocycles. The lowest BCUT2D eigenvalue weighted by molar-refractivity contribution is -0.140. The van der Waals surface area contributed by atoms with Gasteiger partial charge in [-0.2, -0.15) is 0 Å². The van der Waals surface area contributed by atoms with Gasteiger partial charge in [-0.25, -0.2) is 0 Å². The van der Waals surface area contributed by atoms with E-state index in [0.29, 0.717) is 23.7 Å². The van der Waals surface area contributed by atoms with E-state index in [2.05, 4.69) is 18.7 Å². The van der Waals surface area contributed by atoms with Crippen molar-refractivity contribution in [3.63, 3.8) is 0 Å². The lowest BCUT2D eigenvalue weighted by atomic mass is 9.95. The van der Waals surface area contributed by atoms with Crippen LogP contribution in [-0.2, 0) is 16.1 Å². The molecule has 1 N–H and O–H groups in total. The number of benzene rings is 2. The average Bonchev–Trinajstić information content (AvgIpc) is 3.48. The van der Waals surface area contributed by atoms with Gasteiger partial charge >= 0.3 is 0 Å². The topological polar surface area (TPSA) is 83.2 Å². The van der Waals surface area contributed by atoms with E-state index in [0.717, 1.165) is 24.3 Å². The molecule has 1 atom stereocenters. The van der Waals surface area contributed by atoms with E-state index in [1.54, 1.807) is 36.4 Å². The second-order valence-corrected chi connectivity index (χ2v) is 8.23. The van der Waals surface area contributed by atoms with Crippen molar-refractivity contribution < 1.29 is 23.8 Å². The first-order valence-corrected chi connectivity index (χ1v) is 11.9. The SMILES string of the molecule is CCOc1ccc(C(O)=C2C(=O)C(=O)N(Cc3ccco3)[C@H]2c2ccc(N(CC)CC)cc2)cc1. The molecule has 0 unspecified atom stereocenters. The first kappa shape index (κ1) is 24.1. The highest BCUT2D eigenvalue weighted by Crippen LogP contribution is 2.41. The maximum absolute atomic E-state index is 13.2. The van der Waals surface area contributed by atoms with E-state index in [1.165, 1.54) is 11.2 Å². The molecule has 1 saturated heterocycles. The predicted molar refractivity (Wildman–Crippen MR) is 134 cm³/mol. The zero-order valence-corrected chi connectivity index (χ0v) is 20.2. The summed E-state index contributed by atoms with van der Waals surface area (Å²) in [5, 5.41) is 11.2. The first-order chi connectivity index (χ1) is 17.0. The van der Waals surface area contributed by atoms with Gasteiger partial charge in [0.25, 0.3) is 11.7 Å². The molecule has 1 aromatic heterocycles. The molecular weight excluding hydrogens is 444 g/mol. The van der Waals surface area contributed by atoms with E-state index < -0.39 is 17.7 Å². The molecule has 3 aromatic rings. The van der Waals surface area contributed by atoms with Crippen LogP contribution in [0.2, 0.25) is 0 Å². The molecule has 0 saturated carbocycles. The molecule has 1 amide bonds. The Hall–Kier alpha value is -4.00. The van der Waals surface area contributed by atoms with Crippen LogP contribution in [0.15, 0.2) is 76.9 Å². The van der Waals surface area contributed by atoms with Crippen molar-refractivity contribution in [1.29, 1.82) is 0 Å². The molecule has 1 aliphatic rings. The summed E-state index contributed by atoms with van der Waals surface area (Å²) >= 11 is 0. The van der Waals surface area contributed by atoms with Crippen LogP contribution in [-0.4, -0.2) is 41.4 Å². The summed E-state index contributed by atoms with van der Waals surface area (Å²) in [5.41, 5.74) is 2.28. The first-order valence-electron chi connectivity index (χ1n) is 11.9. The summed E-state index contributed by atoms with van der Waals surface area (Å²) in [6.07, 6.45) is 1.53. The molecule has 182 valence electrons. The zero-order chi connectivity index (χ0) is 24.9. The number of furan rings is 1. The third-order valence-electron chi connectivity index (χ3n) is 6.22. The number of ether oxygens (including phenoxy) is 1. The number of aliphatic hydroxyl groups excluding tert-OH is 1. The van der Waals surface area contributed by atoms with Gasteiger partial charge in [0.2, 0.25) is 0 Å². The van der Waals surface area contributed by atoms with Crippen LogP contribution in [0.1, 0.15) is 43.7 Å². The van der Waals surface area contributed by atoms with Crippen molar-refractivity contribution in [1.82, 2.24) is 4.90 Å². The molecule has 7 heteroatoms. The summed E-state index contributed by atoms with van der Waals surface area (Å²) in [6, 6.07) is 17.3. The van der Waals surface area contributed by atoms with Crippen LogP contribution in [0.4, 0.5) is 5.69 Å². The van der Waals surface area contributed by atoms with E-state index in [9.17, 15) is 14.7 Å². The molecule has 0 spiro atoms. The molecule has 0 bridgehead atoms. The minimum absolute atomic E-state index is 0.0568. The van der Waals surface area contributed by atoms with Crippen molar-refractivity contribution in [2.75, 3.05) is 24.6 Å². The van der Waals surface area contributed by atoms with Crippen LogP contribution in [0.5, 0.6) is 5.75 Å². The second kappa shape index (κ2) is 10.5. The Kier molecular flexibility index (Phi) is 7.25. The molecule has 2 heterocycles. The number of carbonyl (C=O) groups is 2. The van der Waals surface area contributed by atoms with Crippen molar-refractivity contribution in [3.8, 4) is 5.75 Å². The normalized spacial score (nSPS) is 17.1. The number of anilines is 1. The van der Waals surface area contributed by atoms with E-state index in [1.807, 2.05) is 31.2 Å². The van der Waals surface area contributed by atoms with E-state index in [-0.39, 0.29) is 17.9 Å². The van der Waals surface area contributed by atoms with Gasteiger partial charge in [0.1, 0.15) is 17.3 Å². The van der Waals surface area contributed by atoms with Crippen molar-refractivity contribution in [2.24, 2.45) is 0 Å². The van der Waals surface area contributed by atoms with Crippen LogP contribution in [0.25, 0.3) is 5.76 Å². The van der Waals surface area contributed by atoms with Crippen LogP contribution < -0.4 is 9.64 Å². The fraction of sp³-hybridized carbons (Fsp3) is 0.286. The highest BCUT2D eigenvalue weighted by Gasteiger charge is 2.46. The Morgan fingerprint density at radius 1 is 1.00 bits per heavy atom. The Bertz CT molecular complexity index is 1190. The maximum atomic E-state index is 13.2. The van der Waals surface area contributed by atoms with Crippen LogP contribution >= 0.6 is 0 Å². The van der Waals surface area contributed by atoms with Crippen molar-refractivity contribution in [2.45, 2.75) is 33.4 Å². The predicted octanol–water partition coefficient (Wildman–Crippen LogP) is 5.15. The average molecular weight is 475 g/mol. The molecule has 0 radical (unpaired) electrons. The number of rotatable bonds is 9. The smallest absolute Gasteiger partial charge is 0.296 e. The van der Waals surface area contributed by atoms with Crippen molar-refractivity contribution in [3.05, 3.63) is 89.4 Å². The zero-order valence-electron chi connectivity index (χ0n) is 20.2. The van der Waals surface area contributed by atoms with E-state index >= 15 is 0 Å². The Balaban J connectivity index is 1.79. The summed E-state index contributed by atoms with van der Waals surface area (Å²) in [5.74, 6) is -0.401. The third-order valence-corrected chi connectivity index (χ3v) is 6.22. The highest BCUT2D eigenvalue weighted by atomic mass is 16.5. The number of carbonyl (C=O) groups excluding carboxylic acids is 2. The summed E-state index contributed by atoms with van der Waals surface area (Å²) in [4.78, 5) is 30.0. The number of hydrogen-bond acceptors (Lipinski definition) is 6. The molecule has 0 aliphatic carbocycles. The number of hydrogen-bond donors (Lipinski definition) is 1. The van der Waals surface area contributed by atoms with Crippen LogP contribution in [0, 0.1) is 0 Å². The monoisotopic (exact) mass is 474 g/mol. The summed E-state index contributed by atoms with van der Waals surface area (Å²) in [7, 11) is 0. The lowest BCUT2D eigenvalue weighted by Gasteiger charge is -2.26. The summed E-state index contributed by atoms with van der Waals surface area (Å²) < 4.78 is 10.9. The van der Waals surface area contributed by atoms with Gasteiger partial charge in [-0.3, -0.25) is 9.59 Å². The van der Waals surface area contributed by atoms with Gasteiger partial charge < -0.3 is 24.1 Å². The van der Waals surface area contributed by atoms with Gasteiger partial charge in [0, 0.05) is 24.3 Å². The standard InChI is InChI=1S/C28H30N2O5/c1-4-29(5-2)21-13-9-19(10-14-21)25-24(26(31)20-11-15-22(16-12-20)34-6-3)27(32)28(33)30(25)18-23-8-7-17-35-23/h7-17,25,31H,4-6,18H2,1-3H3/t25-/m0/s1. The highest BCUT2D eigenvalue weighted by molar-refractivity contribution is 6.46. The van der Waals surface area contributed by atoms with Crippen LogP contribution in [0.3, 0.4) is 0 Å². The molecule has 7 nitrogen and oxygen atoms in total. The lowest BCUT2D eigenvalue weighted by Crippen LogP contribution is -2.29. The Morgan fingerprint density at radius 3 is 2.26 bits per heavy atom. The molecular formula is C28H30N2O5. The number of nitrogens with zero attached hydrogens (tertiary/aromatic N) is 2.